The van der Waals surface area contributed by atoms with Gasteiger partial charge < -0.3 is 20.8 Å². The van der Waals surface area contributed by atoms with Gasteiger partial charge in [-0.1, -0.05) is 0 Å². The molecule has 0 saturated heterocycles. The summed E-state index contributed by atoms with van der Waals surface area (Å²) in [7, 11) is 0. The summed E-state index contributed by atoms with van der Waals surface area (Å²) in [5, 5.41) is 35.3. The summed E-state index contributed by atoms with van der Waals surface area (Å²) < 4.78 is 0. The number of amides is 1. The Morgan fingerprint density at radius 1 is 1.30 bits per heavy atom. The molecule has 1 aromatic rings. The fourth-order valence-corrected chi connectivity index (χ4v) is 2.33. The molecule has 1 amide bonds. The summed E-state index contributed by atoms with van der Waals surface area (Å²) in [6.07, 6.45) is 2.04. The molecule has 0 fully saturated rings. The smallest absolute Gasteiger partial charge is 0.284 e. The Bertz CT molecular complexity index is 598. The molecule has 1 aromatic carbocycles. The lowest BCUT2D eigenvalue weighted by Gasteiger charge is -2.28. The molecular formula is C13H16N4O3. The highest BCUT2D eigenvalue weighted by molar-refractivity contribution is 6.39. The molecule has 0 bridgehead atoms. The first-order valence-electron chi connectivity index (χ1n) is 6.21. The van der Waals surface area contributed by atoms with E-state index < -0.39 is 11.7 Å². The number of phenolic OH excluding ortho intramolecular Hbond substituents is 2. The Kier molecular flexibility index (Phi) is 3.60. The predicted octanol–water partition coefficient (Wildman–Crippen LogP) is 0.524. The Morgan fingerprint density at radius 2 is 2.00 bits per heavy atom. The van der Waals surface area contributed by atoms with Gasteiger partial charge in [-0.05, 0) is 30.9 Å². The van der Waals surface area contributed by atoms with Crippen molar-refractivity contribution in [1.29, 1.82) is 10.8 Å². The topological polar surface area (TPSA) is 134 Å². The Balaban J connectivity index is 2.51. The number of nitrogens with two attached hydrogens (primary N) is 1. The van der Waals surface area contributed by atoms with Gasteiger partial charge in [0.05, 0.1) is 5.56 Å². The third-order valence-corrected chi connectivity index (χ3v) is 3.27. The second-order valence-corrected chi connectivity index (χ2v) is 4.67. The van der Waals surface area contributed by atoms with E-state index in [4.69, 9.17) is 16.6 Å². The Morgan fingerprint density at radius 3 is 2.65 bits per heavy atom. The van der Waals surface area contributed by atoms with Gasteiger partial charge in [0.1, 0.15) is 17.3 Å². The first kappa shape index (κ1) is 13.9. The van der Waals surface area contributed by atoms with Crippen LogP contribution in [0.2, 0.25) is 0 Å². The fourth-order valence-electron chi connectivity index (χ4n) is 2.33. The predicted molar refractivity (Wildman–Crippen MR) is 73.2 cm³/mol. The van der Waals surface area contributed by atoms with Crippen molar-refractivity contribution in [1.82, 2.24) is 4.90 Å². The van der Waals surface area contributed by atoms with Crippen LogP contribution in [0.3, 0.4) is 0 Å². The zero-order chi connectivity index (χ0) is 14.9. The molecule has 0 saturated carbocycles. The molecule has 6 N–H and O–H groups in total. The van der Waals surface area contributed by atoms with Crippen molar-refractivity contribution in [2.24, 2.45) is 5.73 Å². The number of rotatable bonds is 0. The van der Waals surface area contributed by atoms with Gasteiger partial charge in [0.2, 0.25) is 0 Å². The molecule has 106 valence electrons. The van der Waals surface area contributed by atoms with Crippen molar-refractivity contribution in [2.45, 2.75) is 19.3 Å². The third kappa shape index (κ3) is 2.42. The van der Waals surface area contributed by atoms with Crippen molar-refractivity contribution >= 4 is 17.6 Å². The number of aryl methyl sites for hydroxylation is 1. The van der Waals surface area contributed by atoms with Gasteiger partial charge in [-0.25, -0.2) is 0 Å². The first-order chi connectivity index (χ1) is 9.41. The monoisotopic (exact) mass is 276 g/mol. The van der Waals surface area contributed by atoms with E-state index in [-0.39, 0.29) is 22.9 Å². The standard InChI is InChI=1S/C13H16N4O3/c14-11-10-7(5-8(18)6-9(10)19)3-1-2-4-17(11)12(15)13(16)20/h5-6,14-15,18-19H,1-4H2,(H2,16,20). The summed E-state index contributed by atoms with van der Waals surface area (Å²) in [5.41, 5.74) is 5.95. The molecule has 0 unspecified atom stereocenters. The number of carbonyl (C=O) groups excluding carboxylic acids is 1. The zero-order valence-electron chi connectivity index (χ0n) is 10.8. The molecule has 1 aliphatic rings. The van der Waals surface area contributed by atoms with Crippen LogP contribution in [0, 0.1) is 10.8 Å². The maximum absolute atomic E-state index is 11.2. The van der Waals surface area contributed by atoms with E-state index in [2.05, 4.69) is 0 Å². The average molecular weight is 276 g/mol. The van der Waals surface area contributed by atoms with Gasteiger partial charge in [-0.3, -0.25) is 15.6 Å². The average Bonchev–Trinajstić information content (AvgIpc) is 2.34. The molecule has 1 aliphatic heterocycles. The van der Waals surface area contributed by atoms with E-state index >= 15 is 0 Å². The number of primary amides is 1. The van der Waals surface area contributed by atoms with Crippen LogP contribution in [0.25, 0.3) is 0 Å². The number of nitrogens with zero attached hydrogens (tertiary/aromatic N) is 1. The maximum Gasteiger partial charge on any atom is 0.284 e. The highest BCUT2D eigenvalue weighted by atomic mass is 16.3. The van der Waals surface area contributed by atoms with Crippen molar-refractivity contribution < 1.29 is 15.0 Å². The van der Waals surface area contributed by atoms with Gasteiger partial charge in [0.15, 0.2) is 5.84 Å². The van der Waals surface area contributed by atoms with E-state index in [1.807, 2.05) is 0 Å². The summed E-state index contributed by atoms with van der Waals surface area (Å²) in [6, 6.07) is 2.63. The van der Waals surface area contributed by atoms with Gasteiger partial charge in [-0.15, -0.1) is 0 Å². The number of fused-ring (bicyclic) bond motifs is 1. The van der Waals surface area contributed by atoms with Crippen molar-refractivity contribution in [3.05, 3.63) is 23.3 Å². The van der Waals surface area contributed by atoms with Crippen LogP contribution in [0.4, 0.5) is 0 Å². The van der Waals surface area contributed by atoms with Gasteiger partial charge in [0, 0.05) is 12.6 Å². The molecule has 0 radical (unpaired) electrons. The van der Waals surface area contributed by atoms with Crippen LogP contribution < -0.4 is 5.73 Å². The number of aromatic hydroxyl groups is 2. The lowest BCUT2D eigenvalue weighted by molar-refractivity contribution is -0.112. The van der Waals surface area contributed by atoms with E-state index in [1.54, 1.807) is 0 Å². The molecule has 0 aromatic heterocycles. The van der Waals surface area contributed by atoms with Crippen molar-refractivity contribution in [2.75, 3.05) is 6.54 Å². The van der Waals surface area contributed by atoms with Crippen LogP contribution in [0.15, 0.2) is 12.1 Å². The van der Waals surface area contributed by atoms with Crippen molar-refractivity contribution in [3.63, 3.8) is 0 Å². The van der Waals surface area contributed by atoms with Crippen LogP contribution in [0.5, 0.6) is 11.5 Å². The van der Waals surface area contributed by atoms with Gasteiger partial charge in [0.25, 0.3) is 5.91 Å². The van der Waals surface area contributed by atoms with Crippen LogP contribution >= 0.6 is 0 Å². The summed E-state index contributed by atoms with van der Waals surface area (Å²) in [4.78, 5) is 12.3. The quantitative estimate of drug-likeness (QED) is 0.349. The minimum absolute atomic E-state index is 0.0776. The molecular weight excluding hydrogens is 260 g/mol. The van der Waals surface area contributed by atoms with E-state index in [1.165, 1.54) is 11.0 Å². The number of amidine groups is 2. The SMILES string of the molecule is N=C(C(N)=O)N1CCCCc2cc(O)cc(O)c2C1=N. The molecule has 20 heavy (non-hydrogen) atoms. The molecule has 1 heterocycles. The summed E-state index contributed by atoms with van der Waals surface area (Å²) in [5.74, 6) is -1.87. The number of hydrogen-bond donors (Lipinski definition) is 5. The number of benzene rings is 1. The van der Waals surface area contributed by atoms with E-state index in [0.717, 1.165) is 12.5 Å². The Hall–Kier alpha value is -2.57. The highest BCUT2D eigenvalue weighted by Crippen LogP contribution is 2.30. The zero-order valence-corrected chi connectivity index (χ0v) is 10.8. The summed E-state index contributed by atoms with van der Waals surface area (Å²) >= 11 is 0. The highest BCUT2D eigenvalue weighted by Gasteiger charge is 2.26. The van der Waals surface area contributed by atoms with Crippen LogP contribution in [-0.2, 0) is 11.2 Å². The summed E-state index contributed by atoms with van der Waals surface area (Å²) in [6.45, 7) is 0.320. The molecule has 0 spiro atoms. The van der Waals surface area contributed by atoms with Gasteiger partial charge in [-0.2, -0.15) is 0 Å². The lowest BCUT2D eigenvalue weighted by atomic mass is 9.96. The maximum atomic E-state index is 11.2. The molecule has 7 heteroatoms. The van der Waals surface area contributed by atoms with Crippen LogP contribution in [0.1, 0.15) is 24.0 Å². The molecule has 0 atom stereocenters. The third-order valence-electron chi connectivity index (χ3n) is 3.27. The number of carbonyl (C=O) groups is 1. The second-order valence-electron chi connectivity index (χ2n) is 4.67. The minimum Gasteiger partial charge on any atom is -0.508 e. The lowest BCUT2D eigenvalue weighted by Crippen LogP contribution is -2.45. The van der Waals surface area contributed by atoms with Crippen molar-refractivity contribution in [3.8, 4) is 11.5 Å². The Labute approximate surface area is 115 Å². The second kappa shape index (κ2) is 5.20. The fraction of sp³-hybridized carbons (Fsp3) is 0.308. The van der Waals surface area contributed by atoms with Crippen LogP contribution in [-0.4, -0.2) is 39.2 Å². The van der Waals surface area contributed by atoms with E-state index in [9.17, 15) is 15.0 Å². The molecule has 0 aliphatic carbocycles. The number of phenols is 2. The number of nitrogens with one attached hydrogen (secondary N) is 2. The molecule has 7 nitrogen and oxygen atoms in total. The largest absolute Gasteiger partial charge is 0.508 e. The normalized spacial score (nSPS) is 15.2. The first-order valence-corrected chi connectivity index (χ1v) is 6.21. The van der Waals surface area contributed by atoms with E-state index in [0.29, 0.717) is 24.9 Å². The number of hydrogen-bond acceptors (Lipinski definition) is 5. The minimum atomic E-state index is -0.921. The van der Waals surface area contributed by atoms with Gasteiger partial charge >= 0.3 is 0 Å². The molecule has 2 rings (SSSR count).